The van der Waals surface area contributed by atoms with Gasteiger partial charge in [-0.2, -0.15) is 0 Å². The molecule has 2 N–H and O–H groups in total. The second-order valence-electron chi connectivity index (χ2n) is 5.47. The molecule has 19 heavy (non-hydrogen) atoms. The molecule has 0 bridgehead atoms. The molecule has 1 aromatic carbocycles. The molecule has 0 saturated carbocycles. The molecule has 0 aliphatic carbocycles. The van der Waals surface area contributed by atoms with Crippen molar-refractivity contribution >= 4 is 11.6 Å². The number of amides is 1. The quantitative estimate of drug-likeness (QED) is 0.888. The number of ether oxygens (including phenoxy) is 1. The molecule has 0 atom stereocenters. The number of carbonyl (C=O) groups is 1. The molecule has 0 aliphatic rings. The van der Waals surface area contributed by atoms with Gasteiger partial charge in [-0.25, -0.2) is 0 Å². The minimum atomic E-state index is -0.495. The first kappa shape index (κ1) is 15.5. The van der Waals surface area contributed by atoms with Crippen LogP contribution in [0.15, 0.2) is 18.2 Å². The van der Waals surface area contributed by atoms with Gasteiger partial charge in [0.15, 0.2) is 0 Å². The molecule has 4 nitrogen and oxygen atoms in total. The van der Waals surface area contributed by atoms with Crippen LogP contribution >= 0.6 is 0 Å². The third-order valence-corrected chi connectivity index (χ3v) is 3.01. The number of nitrogens with two attached hydrogens (primary N) is 1. The van der Waals surface area contributed by atoms with Crippen molar-refractivity contribution in [2.75, 3.05) is 19.1 Å². The molecule has 4 heteroatoms. The lowest BCUT2D eigenvalue weighted by molar-refractivity contribution is -0.119. The van der Waals surface area contributed by atoms with Crippen LogP contribution in [0.3, 0.4) is 0 Å². The summed E-state index contributed by atoms with van der Waals surface area (Å²) in [6, 6.07) is 5.77. The van der Waals surface area contributed by atoms with Crippen LogP contribution in [0.2, 0.25) is 0 Å². The van der Waals surface area contributed by atoms with Crippen LogP contribution in [0.25, 0.3) is 0 Å². The third kappa shape index (κ3) is 4.24. The first-order chi connectivity index (χ1) is 8.78. The van der Waals surface area contributed by atoms with E-state index < -0.39 is 5.54 Å². The molecule has 0 aliphatic heterocycles. The summed E-state index contributed by atoms with van der Waals surface area (Å²) in [4.78, 5) is 13.8. The summed E-state index contributed by atoms with van der Waals surface area (Å²) in [6.45, 7) is 5.76. The normalized spacial score (nSPS) is 11.3. The molecule has 1 aromatic rings. The summed E-state index contributed by atoms with van der Waals surface area (Å²) in [7, 11) is 3.43. The van der Waals surface area contributed by atoms with E-state index in [0.29, 0.717) is 6.42 Å². The van der Waals surface area contributed by atoms with Crippen molar-refractivity contribution in [1.82, 2.24) is 0 Å². The number of rotatable bonds is 5. The Morgan fingerprint density at radius 3 is 2.53 bits per heavy atom. The van der Waals surface area contributed by atoms with E-state index in [4.69, 9.17) is 10.5 Å². The van der Waals surface area contributed by atoms with Gasteiger partial charge in [-0.15, -0.1) is 0 Å². The number of anilines is 1. The molecule has 0 radical (unpaired) electrons. The van der Waals surface area contributed by atoms with Crippen LogP contribution in [-0.4, -0.2) is 25.6 Å². The van der Waals surface area contributed by atoms with Gasteiger partial charge in [0.05, 0.1) is 7.11 Å². The van der Waals surface area contributed by atoms with Gasteiger partial charge in [-0.1, -0.05) is 6.92 Å². The van der Waals surface area contributed by atoms with Crippen LogP contribution in [0.1, 0.15) is 32.8 Å². The van der Waals surface area contributed by atoms with Crippen molar-refractivity contribution in [2.24, 2.45) is 5.73 Å². The topological polar surface area (TPSA) is 55.6 Å². The van der Waals surface area contributed by atoms with Gasteiger partial charge in [-0.05, 0) is 44.0 Å². The molecule has 0 aromatic heterocycles. The van der Waals surface area contributed by atoms with Crippen molar-refractivity contribution in [2.45, 2.75) is 39.2 Å². The minimum Gasteiger partial charge on any atom is -0.496 e. The highest BCUT2D eigenvalue weighted by molar-refractivity contribution is 5.93. The smallest absolute Gasteiger partial charge is 0.228 e. The Hall–Kier alpha value is -1.55. The molecule has 0 fully saturated rings. The summed E-state index contributed by atoms with van der Waals surface area (Å²) in [5, 5.41) is 0. The maximum Gasteiger partial charge on any atom is 0.228 e. The number of nitrogens with zero attached hydrogens (tertiary/aromatic N) is 1. The molecule has 0 heterocycles. The number of aryl methyl sites for hydroxylation is 1. The van der Waals surface area contributed by atoms with Gasteiger partial charge in [0, 0.05) is 24.7 Å². The fraction of sp³-hybridized carbons (Fsp3) is 0.533. The number of carbonyl (C=O) groups excluding carboxylic acids is 1. The monoisotopic (exact) mass is 264 g/mol. The van der Waals surface area contributed by atoms with Gasteiger partial charge >= 0.3 is 0 Å². The summed E-state index contributed by atoms with van der Waals surface area (Å²) in [5.74, 6) is 0.867. The summed E-state index contributed by atoms with van der Waals surface area (Å²) in [6.07, 6.45) is 1.18. The highest BCUT2D eigenvalue weighted by Gasteiger charge is 2.20. The number of hydrogen-bond acceptors (Lipinski definition) is 3. The molecule has 1 amide bonds. The van der Waals surface area contributed by atoms with E-state index in [-0.39, 0.29) is 5.91 Å². The molecule has 0 saturated heterocycles. The molecular weight excluding hydrogens is 240 g/mol. The highest BCUT2D eigenvalue weighted by atomic mass is 16.5. The Kier molecular flexibility index (Phi) is 4.95. The van der Waals surface area contributed by atoms with Gasteiger partial charge in [-0.3, -0.25) is 4.79 Å². The fourth-order valence-corrected chi connectivity index (χ4v) is 1.90. The fourth-order valence-electron chi connectivity index (χ4n) is 1.90. The largest absolute Gasteiger partial charge is 0.496 e. The van der Waals surface area contributed by atoms with Crippen molar-refractivity contribution in [1.29, 1.82) is 0 Å². The predicted molar refractivity (Wildman–Crippen MR) is 78.7 cm³/mol. The van der Waals surface area contributed by atoms with Crippen LogP contribution in [-0.2, 0) is 11.2 Å². The van der Waals surface area contributed by atoms with Crippen LogP contribution in [0.5, 0.6) is 5.75 Å². The van der Waals surface area contributed by atoms with E-state index >= 15 is 0 Å². The SMILES string of the molecule is CCc1cc(N(C)C(=O)CC(C)(C)N)ccc1OC. The zero-order valence-corrected chi connectivity index (χ0v) is 12.5. The molecular formula is C15H24N2O2. The summed E-state index contributed by atoms with van der Waals surface area (Å²) >= 11 is 0. The van der Waals surface area contributed by atoms with Crippen molar-refractivity contribution in [3.05, 3.63) is 23.8 Å². The minimum absolute atomic E-state index is 0.0136. The van der Waals surface area contributed by atoms with E-state index in [2.05, 4.69) is 6.92 Å². The van der Waals surface area contributed by atoms with E-state index in [9.17, 15) is 4.79 Å². The Bertz CT molecular complexity index is 450. The zero-order valence-electron chi connectivity index (χ0n) is 12.5. The second-order valence-corrected chi connectivity index (χ2v) is 5.47. The van der Waals surface area contributed by atoms with E-state index in [0.717, 1.165) is 23.4 Å². The Labute approximate surface area is 115 Å². The van der Waals surface area contributed by atoms with Crippen LogP contribution in [0.4, 0.5) is 5.69 Å². The van der Waals surface area contributed by atoms with Crippen molar-refractivity contribution in [3.63, 3.8) is 0 Å². The first-order valence-corrected chi connectivity index (χ1v) is 6.51. The van der Waals surface area contributed by atoms with Gasteiger partial charge in [0.25, 0.3) is 0 Å². The maximum atomic E-state index is 12.1. The van der Waals surface area contributed by atoms with E-state index in [1.807, 2.05) is 32.0 Å². The summed E-state index contributed by atoms with van der Waals surface area (Å²) < 4.78 is 5.29. The Balaban J connectivity index is 2.94. The predicted octanol–water partition coefficient (Wildman–Crippen LogP) is 2.35. The van der Waals surface area contributed by atoms with Gasteiger partial charge in [0.1, 0.15) is 5.75 Å². The lowest BCUT2D eigenvalue weighted by Crippen LogP contribution is -2.39. The first-order valence-electron chi connectivity index (χ1n) is 6.51. The van der Waals surface area contributed by atoms with Crippen LogP contribution < -0.4 is 15.4 Å². The second kappa shape index (κ2) is 6.06. The van der Waals surface area contributed by atoms with E-state index in [1.165, 1.54) is 0 Å². The average molecular weight is 264 g/mol. The molecule has 1 rings (SSSR count). The Morgan fingerprint density at radius 2 is 2.05 bits per heavy atom. The van der Waals surface area contributed by atoms with Crippen LogP contribution in [0, 0.1) is 0 Å². The van der Waals surface area contributed by atoms with Crippen molar-refractivity contribution in [3.8, 4) is 5.75 Å². The lowest BCUT2D eigenvalue weighted by atomic mass is 10.0. The molecule has 0 unspecified atom stereocenters. The average Bonchev–Trinajstić information content (AvgIpc) is 2.34. The molecule has 0 spiro atoms. The van der Waals surface area contributed by atoms with Crippen molar-refractivity contribution < 1.29 is 9.53 Å². The summed E-state index contributed by atoms with van der Waals surface area (Å²) in [5.41, 5.74) is 7.35. The molecule has 106 valence electrons. The van der Waals surface area contributed by atoms with Gasteiger partial charge < -0.3 is 15.4 Å². The maximum absolute atomic E-state index is 12.1. The van der Waals surface area contributed by atoms with E-state index in [1.54, 1.807) is 19.1 Å². The lowest BCUT2D eigenvalue weighted by Gasteiger charge is -2.24. The standard InChI is InChI=1S/C15H24N2O2/c1-6-11-9-12(7-8-13(11)19-5)17(4)14(18)10-15(2,3)16/h7-9H,6,10,16H2,1-5H3. The number of benzene rings is 1. The number of methoxy groups -OCH3 is 1. The Morgan fingerprint density at radius 1 is 1.42 bits per heavy atom. The zero-order chi connectivity index (χ0) is 14.6. The highest BCUT2D eigenvalue weighted by Crippen LogP contribution is 2.25. The third-order valence-electron chi connectivity index (χ3n) is 3.01. The van der Waals surface area contributed by atoms with Gasteiger partial charge in [0.2, 0.25) is 5.91 Å². The number of hydrogen-bond donors (Lipinski definition) is 1.